The van der Waals surface area contributed by atoms with Crippen molar-refractivity contribution in [2.45, 2.75) is 26.3 Å². The molecule has 0 bridgehead atoms. The lowest BCUT2D eigenvalue weighted by Crippen LogP contribution is -2.10. The number of nitrogens with zero attached hydrogens (tertiary/aromatic N) is 2. The standard InChI is InChI=1S/C14H15N3S/c1-3-12(14-16-6-7-18-14)17-13-5-4-10(2)8-11(13)9-15/h4-8,12,17H,3H2,1-2H3. The van der Waals surface area contributed by atoms with Crippen molar-refractivity contribution in [2.24, 2.45) is 0 Å². The summed E-state index contributed by atoms with van der Waals surface area (Å²) in [5, 5.41) is 15.6. The van der Waals surface area contributed by atoms with Crippen LogP contribution in [0.5, 0.6) is 0 Å². The minimum atomic E-state index is 0.166. The summed E-state index contributed by atoms with van der Waals surface area (Å²) in [6.07, 6.45) is 2.75. The highest BCUT2D eigenvalue weighted by molar-refractivity contribution is 7.09. The van der Waals surface area contributed by atoms with Gasteiger partial charge in [-0.2, -0.15) is 5.26 Å². The molecule has 3 nitrogen and oxygen atoms in total. The Bertz CT molecular complexity index is 555. The first-order valence-corrected chi connectivity index (χ1v) is 6.79. The number of hydrogen-bond donors (Lipinski definition) is 1. The molecule has 0 aliphatic heterocycles. The molecule has 0 saturated heterocycles. The van der Waals surface area contributed by atoms with Gasteiger partial charge in [-0.15, -0.1) is 11.3 Å². The zero-order valence-corrected chi connectivity index (χ0v) is 11.3. The lowest BCUT2D eigenvalue weighted by molar-refractivity contribution is 0.742. The number of nitrogens with one attached hydrogen (secondary N) is 1. The molecule has 1 N–H and O–H groups in total. The second kappa shape index (κ2) is 5.65. The van der Waals surface area contributed by atoms with Crippen LogP contribution in [-0.2, 0) is 0 Å². The minimum Gasteiger partial charge on any atom is -0.375 e. The molecule has 0 saturated carbocycles. The number of thiazole rings is 1. The van der Waals surface area contributed by atoms with Crippen molar-refractivity contribution in [1.29, 1.82) is 5.26 Å². The molecule has 0 radical (unpaired) electrons. The van der Waals surface area contributed by atoms with Gasteiger partial charge >= 0.3 is 0 Å². The first kappa shape index (κ1) is 12.6. The topological polar surface area (TPSA) is 48.7 Å². The maximum Gasteiger partial charge on any atom is 0.115 e. The van der Waals surface area contributed by atoms with Gasteiger partial charge < -0.3 is 5.32 Å². The fraction of sp³-hybridized carbons (Fsp3) is 0.286. The quantitative estimate of drug-likeness (QED) is 0.904. The monoisotopic (exact) mass is 257 g/mol. The first-order valence-electron chi connectivity index (χ1n) is 5.91. The third kappa shape index (κ3) is 2.69. The van der Waals surface area contributed by atoms with Crippen LogP contribution in [0, 0.1) is 18.3 Å². The molecule has 92 valence electrons. The smallest absolute Gasteiger partial charge is 0.115 e. The summed E-state index contributed by atoms with van der Waals surface area (Å²) in [6, 6.07) is 8.27. The van der Waals surface area contributed by atoms with Crippen molar-refractivity contribution in [1.82, 2.24) is 4.98 Å². The Morgan fingerprint density at radius 1 is 1.50 bits per heavy atom. The molecule has 1 aromatic carbocycles. The molecular weight excluding hydrogens is 242 g/mol. The van der Waals surface area contributed by atoms with Crippen LogP contribution in [0.25, 0.3) is 0 Å². The van der Waals surface area contributed by atoms with Crippen LogP contribution < -0.4 is 5.32 Å². The van der Waals surface area contributed by atoms with Crippen molar-refractivity contribution >= 4 is 17.0 Å². The second-order valence-corrected chi connectivity index (χ2v) is 5.06. The van der Waals surface area contributed by atoms with E-state index in [1.54, 1.807) is 11.3 Å². The molecule has 0 aliphatic carbocycles. The largest absolute Gasteiger partial charge is 0.375 e. The number of hydrogen-bond acceptors (Lipinski definition) is 4. The Morgan fingerprint density at radius 2 is 2.33 bits per heavy atom. The summed E-state index contributed by atoms with van der Waals surface area (Å²) in [4.78, 5) is 4.33. The van der Waals surface area contributed by atoms with Gasteiger partial charge in [0.15, 0.2) is 0 Å². The highest BCUT2D eigenvalue weighted by Gasteiger charge is 2.13. The predicted molar refractivity (Wildman–Crippen MR) is 74.7 cm³/mol. The van der Waals surface area contributed by atoms with Gasteiger partial charge in [-0.3, -0.25) is 0 Å². The van der Waals surface area contributed by atoms with Gasteiger partial charge in [0, 0.05) is 11.6 Å². The van der Waals surface area contributed by atoms with E-state index in [1.807, 2.05) is 36.7 Å². The molecular formula is C14H15N3S. The van der Waals surface area contributed by atoms with E-state index in [-0.39, 0.29) is 6.04 Å². The maximum absolute atomic E-state index is 9.16. The first-order chi connectivity index (χ1) is 8.74. The highest BCUT2D eigenvalue weighted by Crippen LogP contribution is 2.26. The van der Waals surface area contributed by atoms with Gasteiger partial charge in [0.25, 0.3) is 0 Å². The molecule has 0 aliphatic rings. The van der Waals surface area contributed by atoms with E-state index in [0.29, 0.717) is 5.56 Å². The van der Waals surface area contributed by atoms with Gasteiger partial charge in [-0.25, -0.2) is 4.98 Å². The third-order valence-corrected chi connectivity index (χ3v) is 3.67. The molecule has 0 fully saturated rings. The van der Waals surface area contributed by atoms with E-state index in [0.717, 1.165) is 22.7 Å². The van der Waals surface area contributed by atoms with Crippen LogP contribution in [0.15, 0.2) is 29.8 Å². The Labute approximate surface area is 111 Å². The lowest BCUT2D eigenvalue weighted by Gasteiger charge is -2.17. The van der Waals surface area contributed by atoms with Crippen LogP contribution in [0.2, 0.25) is 0 Å². The molecule has 2 aromatic rings. The van der Waals surface area contributed by atoms with Crippen molar-refractivity contribution in [3.63, 3.8) is 0 Å². The summed E-state index contributed by atoms with van der Waals surface area (Å²) in [5.74, 6) is 0. The summed E-state index contributed by atoms with van der Waals surface area (Å²) < 4.78 is 0. The molecule has 18 heavy (non-hydrogen) atoms. The van der Waals surface area contributed by atoms with E-state index in [1.165, 1.54) is 0 Å². The van der Waals surface area contributed by atoms with Gasteiger partial charge in [0.1, 0.15) is 11.1 Å². The van der Waals surface area contributed by atoms with Gasteiger partial charge in [-0.1, -0.05) is 13.0 Å². The zero-order chi connectivity index (χ0) is 13.0. The molecule has 1 aromatic heterocycles. The Hall–Kier alpha value is -1.86. The van der Waals surface area contributed by atoms with Gasteiger partial charge in [0.05, 0.1) is 17.3 Å². The number of nitriles is 1. The van der Waals surface area contributed by atoms with E-state index in [2.05, 4.69) is 23.3 Å². The number of aryl methyl sites for hydroxylation is 1. The molecule has 1 heterocycles. The van der Waals surface area contributed by atoms with E-state index < -0.39 is 0 Å². The minimum absolute atomic E-state index is 0.166. The average molecular weight is 257 g/mol. The molecule has 1 unspecified atom stereocenters. The molecule has 0 amide bonds. The van der Waals surface area contributed by atoms with Crippen molar-refractivity contribution < 1.29 is 0 Å². The molecule has 4 heteroatoms. The van der Waals surface area contributed by atoms with E-state index in [4.69, 9.17) is 5.26 Å². The van der Waals surface area contributed by atoms with E-state index in [9.17, 15) is 0 Å². The predicted octanol–water partition coefficient (Wildman–Crippen LogP) is 3.89. The molecule has 0 spiro atoms. The van der Waals surface area contributed by atoms with Crippen LogP contribution >= 0.6 is 11.3 Å². The van der Waals surface area contributed by atoms with Crippen molar-refractivity contribution in [3.8, 4) is 6.07 Å². The maximum atomic E-state index is 9.16. The van der Waals surface area contributed by atoms with Crippen LogP contribution in [0.4, 0.5) is 5.69 Å². The van der Waals surface area contributed by atoms with Crippen molar-refractivity contribution in [2.75, 3.05) is 5.32 Å². The number of rotatable bonds is 4. The van der Waals surface area contributed by atoms with Crippen molar-refractivity contribution in [3.05, 3.63) is 45.9 Å². The fourth-order valence-corrected chi connectivity index (χ4v) is 2.58. The Kier molecular flexibility index (Phi) is 3.96. The Balaban J connectivity index is 2.25. The fourth-order valence-electron chi connectivity index (χ4n) is 1.81. The van der Waals surface area contributed by atoms with E-state index >= 15 is 0 Å². The Morgan fingerprint density at radius 3 is 2.94 bits per heavy atom. The lowest BCUT2D eigenvalue weighted by atomic mass is 10.1. The number of benzene rings is 1. The second-order valence-electron chi connectivity index (χ2n) is 4.14. The molecule has 2 rings (SSSR count). The summed E-state index contributed by atoms with van der Waals surface area (Å²) in [6.45, 7) is 4.10. The summed E-state index contributed by atoms with van der Waals surface area (Å²) in [7, 11) is 0. The SMILES string of the molecule is CCC(Nc1ccc(C)cc1C#N)c1nccs1. The van der Waals surface area contributed by atoms with Crippen LogP contribution in [0.3, 0.4) is 0 Å². The average Bonchev–Trinajstić information content (AvgIpc) is 2.91. The van der Waals surface area contributed by atoms with Crippen LogP contribution in [-0.4, -0.2) is 4.98 Å². The number of anilines is 1. The third-order valence-electron chi connectivity index (χ3n) is 2.78. The number of aromatic nitrogens is 1. The van der Waals surface area contributed by atoms with Crippen LogP contribution in [0.1, 0.15) is 35.5 Å². The normalized spacial score (nSPS) is 11.8. The molecule has 1 atom stereocenters. The zero-order valence-electron chi connectivity index (χ0n) is 10.5. The van der Waals surface area contributed by atoms with Gasteiger partial charge in [0.2, 0.25) is 0 Å². The van der Waals surface area contributed by atoms with Gasteiger partial charge in [-0.05, 0) is 31.0 Å². The highest BCUT2D eigenvalue weighted by atomic mass is 32.1. The summed E-state index contributed by atoms with van der Waals surface area (Å²) in [5.41, 5.74) is 2.66. The summed E-state index contributed by atoms with van der Waals surface area (Å²) >= 11 is 1.63.